The first-order chi connectivity index (χ1) is 10.5. The van der Waals surface area contributed by atoms with Crippen molar-refractivity contribution in [2.45, 2.75) is 19.9 Å². The van der Waals surface area contributed by atoms with E-state index in [4.69, 9.17) is 5.11 Å². The Labute approximate surface area is 126 Å². The van der Waals surface area contributed by atoms with Gasteiger partial charge >= 0.3 is 12.0 Å². The second kappa shape index (κ2) is 5.51. The Bertz CT molecular complexity index is 721. The van der Waals surface area contributed by atoms with Crippen molar-refractivity contribution in [2.75, 3.05) is 11.9 Å². The van der Waals surface area contributed by atoms with Gasteiger partial charge in [0.15, 0.2) is 5.69 Å². The number of aromatic nitrogens is 2. The minimum atomic E-state index is -1.05. The number of nitrogens with one attached hydrogen (secondary N) is 2. The Kier molecular flexibility index (Phi) is 3.54. The summed E-state index contributed by atoms with van der Waals surface area (Å²) in [6, 6.07) is 7.35. The van der Waals surface area contributed by atoms with Gasteiger partial charge in [0.05, 0.1) is 12.2 Å². The molecule has 1 aliphatic heterocycles. The molecule has 1 aliphatic rings. The number of amides is 2. The molecule has 0 aliphatic carbocycles. The molecule has 0 radical (unpaired) electrons. The van der Waals surface area contributed by atoms with Crippen LogP contribution in [0.15, 0.2) is 24.3 Å². The fourth-order valence-electron chi connectivity index (χ4n) is 2.51. The van der Waals surface area contributed by atoms with Gasteiger partial charge in [0.2, 0.25) is 0 Å². The molecule has 2 heterocycles. The number of benzene rings is 1. The second-order valence-electron chi connectivity index (χ2n) is 5.30. The highest BCUT2D eigenvalue weighted by atomic mass is 16.4. The van der Waals surface area contributed by atoms with Crippen molar-refractivity contribution in [3.8, 4) is 0 Å². The van der Waals surface area contributed by atoms with Crippen LogP contribution in [0, 0.1) is 6.92 Å². The van der Waals surface area contributed by atoms with Crippen molar-refractivity contribution in [1.82, 2.24) is 15.1 Å². The largest absolute Gasteiger partial charge is 0.476 e. The number of fused-ring (bicyclic) bond motifs is 1. The maximum absolute atomic E-state index is 12.3. The highest BCUT2D eigenvalue weighted by Crippen LogP contribution is 2.21. The Morgan fingerprint density at radius 3 is 2.73 bits per heavy atom. The fourth-order valence-corrected chi connectivity index (χ4v) is 2.51. The van der Waals surface area contributed by atoms with Crippen molar-refractivity contribution < 1.29 is 14.7 Å². The molecule has 0 atom stereocenters. The van der Waals surface area contributed by atoms with Crippen LogP contribution in [0.2, 0.25) is 0 Å². The number of carbonyl (C=O) groups is 2. The number of urea groups is 1. The van der Waals surface area contributed by atoms with E-state index >= 15 is 0 Å². The van der Waals surface area contributed by atoms with Gasteiger partial charge in [-0.15, -0.1) is 0 Å². The smallest absolute Gasteiger partial charge is 0.356 e. The van der Waals surface area contributed by atoms with Gasteiger partial charge in [0.25, 0.3) is 0 Å². The van der Waals surface area contributed by atoms with E-state index in [2.05, 4.69) is 15.5 Å². The lowest BCUT2D eigenvalue weighted by Gasteiger charge is -2.26. The van der Waals surface area contributed by atoms with Crippen LogP contribution in [-0.4, -0.2) is 38.7 Å². The Hall–Kier alpha value is -2.83. The SMILES string of the molecule is Cc1ccc(NC(=O)N2CCc3c(C(=O)O)n[nH]c3C2)cc1. The number of rotatable bonds is 2. The number of aromatic amines is 1. The Morgan fingerprint density at radius 1 is 1.32 bits per heavy atom. The normalized spacial score (nSPS) is 13.6. The van der Waals surface area contributed by atoms with Crippen molar-refractivity contribution >= 4 is 17.7 Å². The number of carboxylic acids is 1. The second-order valence-corrected chi connectivity index (χ2v) is 5.30. The van der Waals surface area contributed by atoms with Crippen LogP contribution < -0.4 is 5.32 Å². The molecule has 0 saturated carbocycles. The molecule has 2 amide bonds. The van der Waals surface area contributed by atoms with Gasteiger partial charge in [-0.1, -0.05) is 17.7 Å². The van der Waals surface area contributed by atoms with Crippen LogP contribution in [-0.2, 0) is 13.0 Å². The van der Waals surface area contributed by atoms with E-state index in [9.17, 15) is 9.59 Å². The quantitative estimate of drug-likeness (QED) is 0.790. The zero-order valence-electron chi connectivity index (χ0n) is 12.1. The van der Waals surface area contributed by atoms with Crippen LogP contribution in [0.25, 0.3) is 0 Å². The van der Waals surface area contributed by atoms with Crippen molar-refractivity contribution in [1.29, 1.82) is 0 Å². The molecule has 7 nitrogen and oxygen atoms in total. The molecule has 0 fully saturated rings. The summed E-state index contributed by atoms with van der Waals surface area (Å²) in [6.45, 7) is 2.77. The highest BCUT2D eigenvalue weighted by molar-refractivity contribution is 5.90. The molecule has 3 rings (SSSR count). The number of H-pyrrole nitrogens is 1. The summed E-state index contributed by atoms with van der Waals surface area (Å²) < 4.78 is 0. The standard InChI is InChI=1S/C15H16N4O3/c1-9-2-4-10(5-3-9)16-15(22)19-7-6-11-12(8-19)17-18-13(11)14(20)21/h2-5H,6-8H2,1H3,(H,16,22)(H,17,18)(H,20,21). The van der Waals surface area contributed by atoms with E-state index in [1.807, 2.05) is 31.2 Å². The summed E-state index contributed by atoms with van der Waals surface area (Å²) in [6.07, 6.45) is 0.481. The maximum atomic E-state index is 12.3. The third-order valence-corrected chi connectivity index (χ3v) is 3.73. The molecular weight excluding hydrogens is 284 g/mol. The van der Waals surface area contributed by atoms with E-state index in [0.717, 1.165) is 11.3 Å². The predicted molar refractivity (Wildman–Crippen MR) is 79.9 cm³/mol. The molecule has 114 valence electrons. The summed E-state index contributed by atoms with van der Waals surface area (Å²) in [5, 5.41) is 18.4. The number of aromatic carboxylic acids is 1. The third kappa shape index (κ3) is 2.65. The van der Waals surface area contributed by atoms with E-state index in [1.165, 1.54) is 0 Å². The first-order valence-corrected chi connectivity index (χ1v) is 6.96. The van der Waals surface area contributed by atoms with Crippen LogP contribution in [0.5, 0.6) is 0 Å². The molecule has 3 N–H and O–H groups in total. The first-order valence-electron chi connectivity index (χ1n) is 6.96. The lowest BCUT2D eigenvalue weighted by molar-refractivity contribution is 0.0689. The molecule has 2 aromatic rings. The zero-order valence-corrected chi connectivity index (χ0v) is 12.1. The average Bonchev–Trinajstić information content (AvgIpc) is 2.92. The van der Waals surface area contributed by atoms with E-state index in [-0.39, 0.29) is 11.7 Å². The molecule has 1 aromatic carbocycles. The van der Waals surface area contributed by atoms with Crippen molar-refractivity contribution in [3.63, 3.8) is 0 Å². The summed E-state index contributed by atoms with van der Waals surface area (Å²) in [7, 11) is 0. The average molecular weight is 300 g/mol. The summed E-state index contributed by atoms with van der Waals surface area (Å²) in [4.78, 5) is 24.9. The number of carboxylic acid groups (broad SMARTS) is 1. The van der Waals surface area contributed by atoms with Crippen LogP contribution in [0.4, 0.5) is 10.5 Å². The van der Waals surface area contributed by atoms with Gasteiger partial charge in [-0.25, -0.2) is 9.59 Å². The van der Waals surface area contributed by atoms with Gasteiger partial charge in [-0.3, -0.25) is 5.10 Å². The van der Waals surface area contributed by atoms with Crippen LogP contribution in [0.3, 0.4) is 0 Å². The topological polar surface area (TPSA) is 98.3 Å². The summed E-state index contributed by atoms with van der Waals surface area (Å²) >= 11 is 0. The summed E-state index contributed by atoms with van der Waals surface area (Å²) in [5.74, 6) is -1.05. The molecular formula is C15H16N4O3. The van der Waals surface area contributed by atoms with Gasteiger partial charge in [-0.05, 0) is 25.5 Å². The van der Waals surface area contributed by atoms with E-state index in [1.54, 1.807) is 4.90 Å². The fraction of sp³-hybridized carbons (Fsp3) is 0.267. The van der Waals surface area contributed by atoms with Crippen molar-refractivity contribution in [2.24, 2.45) is 0 Å². The number of hydrogen-bond donors (Lipinski definition) is 3. The molecule has 7 heteroatoms. The molecule has 22 heavy (non-hydrogen) atoms. The first kappa shape index (κ1) is 14.1. The lowest BCUT2D eigenvalue weighted by atomic mass is 10.0. The predicted octanol–water partition coefficient (Wildman–Crippen LogP) is 2.01. The number of carbonyl (C=O) groups excluding carboxylic acids is 1. The third-order valence-electron chi connectivity index (χ3n) is 3.73. The van der Waals surface area contributed by atoms with Gasteiger partial charge in [0, 0.05) is 17.8 Å². The summed E-state index contributed by atoms with van der Waals surface area (Å²) in [5.41, 5.74) is 3.28. The molecule has 0 spiro atoms. The van der Waals surface area contributed by atoms with Gasteiger partial charge < -0.3 is 15.3 Å². The maximum Gasteiger partial charge on any atom is 0.356 e. The van der Waals surface area contributed by atoms with Crippen molar-refractivity contribution in [3.05, 3.63) is 46.8 Å². The van der Waals surface area contributed by atoms with E-state index < -0.39 is 5.97 Å². The minimum Gasteiger partial charge on any atom is -0.476 e. The van der Waals surface area contributed by atoms with Crippen LogP contribution >= 0.6 is 0 Å². The molecule has 0 unspecified atom stereocenters. The van der Waals surface area contributed by atoms with Gasteiger partial charge in [-0.2, -0.15) is 5.10 Å². The number of aryl methyl sites for hydroxylation is 1. The van der Waals surface area contributed by atoms with E-state index in [0.29, 0.717) is 30.8 Å². The molecule has 0 bridgehead atoms. The number of nitrogens with zero attached hydrogens (tertiary/aromatic N) is 2. The van der Waals surface area contributed by atoms with Crippen LogP contribution in [0.1, 0.15) is 27.3 Å². The number of hydrogen-bond acceptors (Lipinski definition) is 3. The lowest BCUT2D eigenvalue weighted by Crippen LogP contribution is -2.39. The molecule has 0 saturated heterocycles. The van der Waals surface area contributed by atoms with Gasteiger partial charge in [0.1, 0.15) is 0 Å². The Balaban J connectivity index is 1.70. The Morgan fingerprint density at radius 2 is 2.05 bits per heavy atom. The molecule has 1 aromatic heterocycles. The zero-order chi connectivity index (χ0) is 15.7. The minimum absolute atomic E-state index is 0.0496. The highest BCUT2D eigenvalue weighted by Gasteiger charge is 2.27. The number of anilines is 1. The monoisotopic (exact) mass is 300 g/mol.